The first kappa shape index (κ1) is 10.3. The van der Waals surface area contributed by atoms with Crippen LogP contribution in [-0.4, -0.2) is 0 Å². The van der Waals surface area contributed by atoms with Gasteiger partial charge in [0.2, 0.25) is 0 Å². The summed E-state index contributed by atoms with van der Waals surface area (Å²) in [6.45, 7) is 1.99. The number of fused-ring (bicyclic) bond motifs is 1. The lowest BCUT2D eigenvalue weighted by molar-refractivity contribution is 0.153. The molecule has 0 bridgehead atoms. The molecule has 0 radical (unpaired) electrons. The third-order valence-corrected chi connectivity index (χ3v) is 4.25. The molecule has 74 valence electrons. The van der Waals surface area contributed by atoms with Crippen molar-refractivity contribution in [1.29, 1.82) is 0 Å². The molecule has 0 aliphatic rings. The number of rotatable bonds is 1. The van der Waals surface area contributed by atoms with Crippen LogP contribution in [0.2, 0.25) is 0 Å². The summed E-state index contributed by atoms with van der Waals surface area (Å²) in [7, 11) is 0. The van der Waals surface area contributed by atoms with Crippen molar-refractivity contribution in [3.05, 3.63) is 32.2 Å². The molecule has 0 saturated carbocycles. The highest BCUT2D eigenvalue weighted by atomic mass is 127. The highest BCUT2D eigenvalue weighted by Gasteiger charge is 2.14. The molecule has 0 spiro atoms. The van der Waals surface area contributed by atoms with E-state index in [1.165, 1.54) is 11.3 Å². The summed E-state index contributed by atoms with van der Waals surface area (Å²) in [6, 6.07) is 3.80. The summed E-state index contributed by atoms with van der Waals surface area (Å²) in [6.07, 6.45) is -2.37. The third-order valence-electron chi connectivity index (χ3n) is 2.12. The van der Waals surface area contributed by atoms with Crippen LogP contribution in [0.25, 0.3) is 10.1 Å². The van der Waals surface area contributed by atoms with E-state index in [1.807, 2.05) is 19.1 Å². The Labute approximate surface area is 98.1 Å². The maximum absolute atomic E-state index is 12.6. The van der Waals surface area contributed by atoms with Gasteiger partial charge in [-0.05, 0) is 47.2 Å². The van der Waals surface area contributed by atoms with Gasteiger partial charge in [0.25, 0.3) is 6.43 Å². The molecule has 0 aliphatic heterocycles. The number of hydrogen-bond donors (Lipinski definition) is 0. The van der Waals surface area contributed by atoms with Gasteiger partial charge in [-0.3, -0.25) is 0 Å². The van der Waals surface area contributed by atoms with Gasteiger partial charge in [-0.1, -0.05) is 0 Å². The average molecular weight is 324 g/mol. The molecule has 1 aromatic heterocycles. The fraction of sp³-hybridized carbons (Fsp3) is 0.200. The first-order valence-corrected chi connectivity index (χ1v) is 6.01. The average Bonchev–Trinajstić information content (AvgIpc) is 2.48. The standard InChI is InChI=1S/C10H7F2IS/c1-5-2-9-6(3-8(5)13)7(4-14-9)10(11)12/h2-4,10H,1H3. The van der Waals surface area contributed by atoms with Gasteiger partial charge in [-0.2, -0.15) is 0 Å². The van der Waals surface area contributed by atoms with Crippen LogP contribution in [0.5, 0.6) is 0 Å². The Bertz CT molecular complexity index is 476. The van der Waals surface area contributed by atoms with Crippen LogP contribution in [0.4, 0.5) is 8.78 Å². The van der Waals surface area contributed by atoms with E-state index in [4.69, 9.17) is 0 Å². The van der Waals surface area contributed by atoms with Crippen molar-refractivity contribution >= 4 is 44.0 Å². The van der Waals surface area contributed by atoms with Crippen LogP contribution in [0.1, 0.15) is 17.6 Å². The van der Waals surface area contributed by atoms with E-state index in [0.717, 1.165) is 13.8 Å². The van der Waals surface area contributed by atoms with Crippen LogP contribution in [-0.2, 0) is 0 Å². The Hall–Kier alpha value is -0.230. The quantitative estimate of drug-likeness (QED) is 0.664. The van der Waals surface area contributed by atoms with Gasteiger partial charge in [0, 0.05) is 24.6 Å². The second kappa shape index (κ2) is 3.73. The highest BCUT2D eigenvalue weighted by Crippen LogP contribution is 2.34. The number of benzene rings is 1. The van der Waals surface area contributed by atoms with Crippen LogP contribution in [0.15, 0.2) is 17.5 Å². The topological polar surface area (TPSA) is 0 Å². The predicted molar refractivity (Wildman–Crippen MR) is 64.2 cm³/mol. The van der Waals surface area contributed by atoms with E-state index in [9.17, 15) is 8.78 Å². The lowest BCUT2D eigenvalue weighted by Gasteiger charge is -2.00. The maximum Gasteiger partial charge on any atom is 0.265 e. The van der Waals surface area contributed by atoms with Crippen LogP contribution in [0, 0.1) is 10.5 Å². The molecule has 1 heterocycles. The Morgan fingerprint density at radius 1 is 1.36 bits per heavy atom. The summed E-state index contributed by atoms with van der Waals surface area (Å²) in [4.78, 5) is 0. The van der Waals surface area contributed by atoms with Crippen molar-refractivity contribution in [2.75, 3.05) is 0 Å². The summed E-state index contributed by atoms with van der Waals surface area (Å²) in [5.41, 5.74) is 1.30. The normalized spacial score (nSPS) is 11.5. The van der Waals surface area contributed by atoms with Gasteiger partial charge in [-0.15, -0.1) is 11.3 Å². The van der Waals surface area contributed by atoms with Crippen molar-refractivity contribution < 1.29 is 8.78 Å². The van der Waals surface area contributed by atoms with Crippen molar-refractivity contribution in [1.82, 2.24) is 0 Å². The van der Waals surface area contributed by atoms with E-state index in [2.05, 4.69) is 22.6 Å². The SMILES string of the molecule is Cc1cc2scc(C(F)F)c2cc1I. The minimum absolute atomic E-state index is 0.155. The molecule has 0 amide bonds. The fourth-order valence-corrected chi connectivity index (χ4v) is 2.84. The lowest BCUT2D eigenvalue weighted by atomic mass is 10.1. The van der Waals surface area contributed by atoms with E-state index >= 15 is 0 Å². The molecule has 0 N–H and O–H groups in total. The minimum atomic E-state index is -2.37. The van der Waals surface area contributed by atoms with E-state index < -0.39 is 6.43 Å². The first-order chi connectivity index (χ1) is 6.59. The van der Waals surface area contributed by atoms with Crippen LogP contribution < -0.4 is 0 Å². The Morgan fingerprint density at radius 2 is 2.07 bits per heavy atom. The zero-order chi connectivity index (χ0) is 10.3. The molecule has 1 aromatic carbocycles. The van der Waals surface area contributed by atoms with Crippen molar-refractivity contribution in [3.8, 4) is 0 Å². The zero-order valence-corrected chi connectivity index (χ0v) is 10.3. The number of aryl methyl sites for hydroxylation is 1. The molecule has 0 aliphatic carbocycles. The Morgan fingerprint density at radius 3 is 2.71 bits per heavy atom. The van der Waals surface area contributed by atoms with Gasteiger partial charge >= 0.3 is 0 Å². The fourth-order valence-electron chi connectivity index (χ4n) is 1.34. The van der Waals surface area contributed by atoms with Crippen molar-refractivity contribution in [3.63, 3.8) is 0 Å². The Kier molecular flexibility index (Phi) is 2.74. The van der Waals surface area contributed by atoms with Gasteiger partial charge in [-0.25, -0.2) is 8.78 Å². The van der Waals surface area contributed by atoms with E-state index in [-0.39, 0.29) is 5.56 Å². The van der Waals surface area contributed by atoms with Gasteiger partial charge in [0.05, 0.1) is 0 Å². The highest BCUT2D eigenvalue weighted by molar-refractivity contribution is 14.1. The molecular weight excluding hydrogens is 317 g/mol. The maximum atomic E-state index is 12.6. The Balaban J connectivity index is 2.74. The van der Waals surface area contributed by atoms with Crippen LogP contribution >= 0.6 is 33.9 Å². The molecule has 14 heavy (non-hydrogen) atoms. The number of thiophene rings is 1. The van der Waals surface area contributed by atoms with Crippen molar-refractivity contribution in [2.24, 2.45) is 0 Å². The molecule has 0 nitrogen and oxygen atoms in total. The molecule has 4 heteroatoms. The van der Waals surface area contributed by atoms with Gasteiger partial charge < -0.3 is 0 Å². The predicted octanol–water partition coefficient (Wildman–Crippen LogP) is 4.75. The lowest BCUT2D eigenvalue weighted by Crippen LogP contribution is -1.83. The van der Waals surface area contributed by atoms with Gasteiger partial charge in [0.15, 0.2) is 0 Å². The minimum Gasteiger partial charge on any atom is -0.205 e. The van der Waals surface area contributed by atoms with Crippen molar-refractivity contribution in [2.45, 2.75) is 13.3 Å². The summed E-state index contributed by atoms with van der Waals surface area (Å²) in [5, 5.41) is 2.24. The molecule has 0 fully saturated rings. The smallest absolute Gasteiger partial charge is 0.205 e. The number of alkyl halides is 2. The first-order valence-electron chi connectivity index (χ1n) is 4.05. The molecule has 2 rings (SSSR count). The summed E-state index contributed by atoms with van der Waals surface area (Å²) < 4.78 is 27.1. The number of halogens is 3. The summed E-state index contributed by atoms with van der Waals surface area (Å²) >= 11 is 3.55. The molecular formula is C10H7F2IS. The summed E-state index contributed by atoms with van der Waals surface area (Å²) in [5.74, 6) is 0. The third kappa shape index (κ3) is 1.65. The van der Waals surface area contributed by atoms with E-state index in [0.29, 0.717) is 5.39 Å². The molecule has 2 aromatic rings. The monoisotopic (exact) mass is 324 g/mol. The van der Waals surface area contributed by atoms with E-state index in [1.54, 1.807) is 5.38 Å². The number of hydrogen-bond acceptors (Lipinski definition) is 1. The van der Waals surface area contributed by atoms with Gasteiger partial charge in [0.1, 0.15) is 0 Å². The molecule has 0 saturated heterocycles. The second-order valence-corrected chi connectivity index (χ2v) is 5.16. The van der Waals surface area contributed by atoms with Crippen LogP contribution in [0.3, 0.4) is 0 Å². The molecule has 0 atom stereocenters. The second-order valence-electron chi connectivity index (χ2n) is 3.09. The zero-order valence-electron chi connectivity index (χ0n) is 7.35. The molecule has 0 unspecified atom stereocenters. The largest absolute Gasteiger partial charge is 0.265 e.